The van der Waals surface area contributed by atoms with Crippen LogP contribution in [0.3, 0.4) is 0 Å². The van der Waals surface area contributed by atoms with Crippen molar-refractivity contribution in [1.29, 1.82) is 0 Å². The van der Waals surface area contributed by atoms with Crippen LogP contribution in [-0.2, 0) is 7.05 Å². The second-order valence-electron chi connectivity index (χ2n) is 5.10. The van der Waals surface area contributed by atoms with Crippen LogP contribution in [0.4, 0.5) is 5.82 Å². The lowest BCUT2D eigenvalue weighted by Crippen LogP contribution is -2.34. The Bertz CT molecular complexity index is 622. The maximum absolute atomic E-state index is 4.67. The highest BCUT2D eigenvalue weighted by Crippen LogP contribution is 2.41. The molecule has 2 bridgehead atoms. The monoisotopic (exact) mass is 261 g/mol. The summed E-state index contributed by atoms with van der Waals surface area (Å²) in [6.07, 6.45) is 3.19. The Labute approximate surface area is 110 Å². The maximum atomic E-state index is 4.67. The van der Waals surface area contributed by atoms with Gasteiger partial charge in [0.1, 0.15) is 11.6 Å². The largest absolute Gasteiger partial charge is 0.351 e. The fraction of sp³-hybridized carbons (Fsp3) is 0.583. The Hall–Kier alpha value is -1.30. The Morgan fingerprint density at radius 2 is 2.28 bits per heavy atom. The molecular weight excluding hydrogens is 246 g/mol. The molecule has 2 fully saturated rings. The third kappa shape index (κ3) is 1.38. The van der Waals surface area contributed by atoms with E-state index in [0.29, 0.717) is 6.04 Å². The average Bonchev–Trinajstić information content (AvgIpc) is 3.04. The third-order valence-corrected chi connectivity index (χ3v) is 5.25. The lowest BCUT2D eigenvalue weighted by atomic mass is 10.2. The zero-order valence-corrected chi connectivity index (χ0v) is 11.3. The van der Waals surface area contributed by atoms with E-state index in [1.807, 2.05) is 24.9 Å². The highest BCUT2D eigenvalue weighted by Gasteiger charge is 2.40. The first-order chi connectivity index (χ1) is 8.72. The van der Waals surface area contributed by atoms with Crippen LogP contribution < -0.4 is 4.90 Å². The molecular formula is C12H15N5S. The lowest BCUT2D eigenvalue weighted by molar-refractivity contribution is 0.750. The summed E-state index contributed by atoms with van der Waals surface area (Å²) in [6.45, 7) is 3.08. The fourth-order valence-corrected chi connectivity index (χ4v) is 4.43. The van der Waals surface area contributed by atoms with Gasteiger partial charge in [0.2, 0.25) is 0 Å². The van der Waals surface area contributed by atoms with Crippen LogP contribution in [0.5, 0.6) is 0 Å². The minimum Gasteiger partial charge on any atom is -0.351 e. The van der Waals surface area contributed by atoms with Gasteiger partial charge in [-0.1, -0.05) is 0 Å². The van der Waals surface area contributed by atoms with Crippen LogP contribution in [0.1, 0.15) is 12.2 Å². The molecule has 2 aliphatic rings. The summed E-state index contributed by atoms with van der Waals surface area (Å²) >= 11 is 2.10. The van der Waals surface area contributed by atoms with Gasteiger partial charge in [0.15, 0.2) is 5.65 Å². The topological polar surface area (TPSA) is 46.8 Å². The smallest absolute Gasteiger partial charge is 0.163 e. The lowest BCUT2D eigenvalue weighted by Gasteiger charge is -2.28. The maximum Gasteiger partial charge on any atom is 0.163 e. The standard InChI is InChI=1S/C12H15N5S/c1-7-14-11-10(4-13-16(11)2)12(15-7)17-5-9-3-8(17)6-18-9/h4,8-9H,3,5-6H2,1-2H3. The minimum atomic E-state index is 0.651. The van der Waals surface area contributed by atoms with E-state index in [2.05, 4.69) is 31.7 Å². The van der Waals surface area contributed by atoms with Crippen LogP contribution >= 0.6 is 11.8 Å². The molecule has 0 spiro atoms. The molecule has 94 valence electrons. The molecule has 2 aromatic rings. The van der Waals surface area contributed by atoms with Gasteiger partial charge in [-0.3, -0.25) is 4.68 Å². The number of fused-ring (bicyclic) bond motifs is 3. The van der Waals surface area contributed by atoms with Gasteiger partial charge in [0.25, 0.3) is 0 Å². The molecule has 2 unspecified atom stereocenters. The van der Waals surface area contributed by atoms with Crippen LogP contribution in [0, 0.1) is 6.92 Å². The van der Waals surface area contributed by atoms with E-state index in [1.54, 1.807) is 0 Å². The number of rotatable bonds is 1. The van der Waals surface area contributed by atoms with Gasteiger partial charge < -0.3 is 4.90 Å². The Morgan fingerprint density at radius 3 is 3.00 bits per heavy atom. The molecule has 0 radical (unpaired) electrons. The Kier molecular flexibility index (Phi) is 2.12. The van der Waals surface area contributed by atoms with Gasteiger partial charge in [-0.2, -0.15) is 16.9 Å². The van der Waals surface area contributed by atoms with Crippen LogP contribution in [0.2, 0.25) is 0 Å². The van der Waals surface area contributed by atoms with E-state index in [9.17, 15) is 0 Å². The second-order valence-corrected chi connectivity index (χ2v) is 6.43. The molecule has 5 nitrogen and oxygen atoms in total. The first kappa shape index (κ1) is 10.6. The molecule has 2 aliphatic heterocycles. The quantitative estimate of drug-likeness (QED) is 0.776. The third-order valence-electron chi connectivity index (χ3n) is 3.86. The molecule has 0 N–H and O–H groups in total. The number of hydrogen-bond acceptors (Lipinski definition) is 5. The van der Waals surface area contributed by atoms with Crippen molar-refractivity contribution in [1.82, 2.24) is 19.7 Å². The van der Waals surface area contributed by atoms with Gasteiger partial charge >= 0.3 is 0 Å². The zero-order chi connectivity index (χ0) is 12.3. The molecule has 6 heteroatoms. The molecule has 4 heterocycles. The number of thioether (sulfide) groups is 1. The van der Waals surface area contributed by atoms with E-state index >= 15 is 0 Å². The minimum absolute atomic E-state index is 0.651. The van der Waals surface area contributed by atoms with Crippen molar-refractivity contribution in [3.05, 3.63) is 12.0 Å². The number of anilines is 1. The van der Waals surface area contributed by atoms with Gasteiger partial charge in [-0.25, -0.2) is 9.97 Å². The Morgan fingerprint density at radius 1 is 1.39 bits per heavy atom. The molecule has 2 atom stereocenters. The van der Waals surface area contributed by atoms with Gasteiger partial charge in [0.05, 0.1) is 11.6 Å². The molecule has 2 aromatic heterocycles. The van der Waals surface area contributed by atoms with E-state index in [-0.39, 0.29) is 0 Å². The summed E-state index contributed by atoms with van der Waals surface area (Å²) < 4.78 is 1.83. The number of aryl methyl sites for hydroxylation is 2. The second kappa shape index (κ2) is 3.60. The summed E-state index contributed by atoms with van der Waals surface area (Å²) in [5, 5.41) is 6.19. The highest BCUT2D eigenvalue weighted by molar-refractivity contribution is 8.00. The molecule has 0 amide bonds. The van der Waals surface area contributed by atoms with Crippen molar-refractivity contribution < 1.29 is 0 Å². The van der Waals surface area contributed by atoms with Crippen molar-refractivity contribution in [2.75, 3.05) is 17.2 Å². The van der Waals surface area contributed by atoms with Crippen molar-refractivity contribution >= 4 is 28.6 Å². The molecule has 0 aromatic carbocycles. The predicted octanol–water partition coefficient (Wildman–Crippen LogP) is 1.37. The first-order valence-electron chi connectivity index (χ1n) is 6.27. The van der Waals surface area contributed by atoms with Crippen molar-refractivity contribution in [3.63, 3.8) is 0 Å². The summed E-state index contributed by atoms with van der Waals surface area (Å²) in [7, 11) is 1.94. The molecule has 0 saturated carbocycles. The van der Waals surface area contributed by atoms with Crippen molar-refractivity contribution in [2.24, 2.45) is 7.05 Å². The van der Waals surface area contributed by atoms with Gasteiger partial charge in [-0.15, -0.1) is 0 Å². The van der Waals surface area contributed by atoms with Gasteiger partial charge in [-0.05, 0) is 13.3 Å². The van der Waals surface area contributed by atoms with E-state index in [4.69, 9.17) is 0 Å². The molecule has 18 heavy (non-hydrogen) atoms. The van der Waals surface area contributed by atoms with Gasteiger partial charge in [0, 0.05) is 30.6 Å². The summed E-state index contributed by atoms with van der Waals surface area (Å²) in [6, 6.07) is 0.651. The number of aromatic nitrogens is 4. The summed E-state index contributed by atoms with van der Waals surface area (Å²) in [5.41, 5.74) is 0.938. The Balaban J connectivity index is 1.89. The summed E-state index contributed by atoms with van der Waals surface area (Å²) in [5.74, 6) is 3.14. The van der Waals surface area contributed by atoms with Crippen molar-refractivity contribution in [2.45, 2.75) is 24.6 Å². The normalized spacial score (nSPS) is 26.4. The first-order valence-corrected chi connectivity index (χ1v) is 7.32. The number of nitrogens with zero attached hydrogens (tertiary/aromatic N) is 5. The predicted molar refractivity (Wildman–Crippen MR) is 73.0 cm³/mol. The zero-order valence-electron chi connectivity index (χ0n) is 10.5. The molecule has 4 rings (SSSR count). The van der Waals surface area contributed by atoms with E-state index < -0.39 is 0 Å². The highest BCUT2D eigenvalue weighted by atomic mass is 32.2. The van der Waals surface area contributed by atoms with Crippen LogP contribution in [0.25, 0.3) is 11.0 Å². The van der Waals surface area contributed by atoms with Crippen LogP contribution in [-0.4, -0.2) is 43.3 Å². The fourth-order valence-electron chi connectivity index (χ4n) is 2.99. The van der Waals surface area contributed by atoms with Crippen molar-refractivity contribution in [3.8, 4) is 0 Å². The molecule has 2 saturated heterocycles. The van der Waals surface area contributed by atoms with E-state index in [1.165, 1.54) is 12.2 Å². The molecule has 0 aliphatic carbocycles. The number of hydrogen-bond donors (Lipinski definition) is 0. The average molecular weight is 261 g/mol. The van der Waals surface area contributed by atoms with Crippen LogP contribution in [0.15, 0.2) is 6.20 Å². The van der Waals surface area contributed by atoms with E-state index in [0.717, 1.165) is 34.5 Å². The summed E-state index contributed by atoms with van der Waals surface area (Å²) in [4.78, 5) is 11.6. The SMILES string of the molecule is Cc1nc(N2CC3CC2CS3)c2cnn(C)c2n1.